The van der Waals surface area contributed by atoms with Gasteiger partial charge in [0.2, 0.25) is 5.91 Å². The molecule has 1 unspecified atom stereocenters. The molecule has 10 nitrogen and oxygen atoms in total. The minimum Gasteiger partial charge on any atom is -0.491 e. The molecule has 2 N–H and O–H groups in total. The summed E-state index contributed by atoms with van der Waals surface area (Å²) in [6, 6.07) is 7.38. The minimum atomic E-state index is -0.522. The average Bonchev–Trinajstić information content (AvgIpc) is 3.78. The minimum absolute atomic E-state index is 0.0182. The molecule has 2 fully saturated rings. The summed E-state index contributed by atoms with van der Waals surface area (Å²) in [5.41, 5.74) is 1.61. The number of cyclic esters (lactones) is 1. The van der Waals surface area contributed by atoms with Crippen molar-refractivity contribution in [2.45, 2.75) is 25.3 Å². The van der Waals surface area contributed by atoms with Gasteiger partial charge in [-0.3, -0.25) is 14.5 Å². The molecule has 1 atom stereocenters. The summed E-state index contributed by atoms with van der Waals surface area (Å²) in [5.74, 6) is 0.295. The third-order valence-electron chi connectivity index (χ3n) is 6.89. The van der Waals surface area contributed by atoms with Gasteiger partial charge in [-0.2, -0.15) is 0 Å². The Labute approximate surface area is 241 Å². The van der Waals surface area contributed by atoms with Crippen molar-refractivity contribution >= 4 is 51.6 Å². The Balaban J connectivity index is 1.34. The molecule has 41 heavy (non-hydrogen) atoms. The van der Waals surface area contributed by atoms with Gasteiger partial charge in [-0.05, 0) is 49.4 Å². The summed E-state index contributed by atoms with van der Waals surface area (Å²) in [7, 11) is 1.59. The van der Waals surface area contributed by atoms with Gasteiger partial charge in [0.05, 0.1) is 22.8 Å². The van der Waals surface area contributed by atoms with E-state index in [1.807, 2.05) is 4.90 Å². The zero-order valence-corrected chi connectivity index (χ0v) is 23.3. The van der Waals surface area contributed by atoms with Crippen molar-refractivity contribution in [3.8, 4) is 5.75 Å². The number of hydrogen-bond donors (Lipinski definition) is 2. The van der Waals surface area contributed by atoms with Crippen molar-refractivity contribution in [2.75, 3.05) is 50.7 Å². The maximum Gasteiger partial charge on any atom is 0.323 e. The second-order valence-electron chi connectivity index (χ2n) is 9.95. The number of halogens is 2. The SMILES string of the molecule is COCCC1C(=O)OCCN1CC=CC(=O)Nc1cc2c(Nc3ccc(F)c(Cl)c3)ncnc2cc1OCC1CC1. The number of esters is 1. The average molecular weight is 584 g/mol. The van der Waals surface area contributed by atoms with Crippen LogP contribution in [0.4, 0.5) is 21.6 Å². The highest BCUT2D eigenvalue weighted by Crippen LogP contribution is 2.36. The highest BCUT2D eigenvalue weighted by molar-refractivity contribution is 6.31. The molecule has 1 saturated carbocycles. The van der Waals surface area contributed by atoms with Crippen LogP contribution in [-0.4, -0.2) is 72.8 Å². The number of nitrogens with one attached hydrogen (secondary N) is 2. The normalized spacial score (nSPS) is 17.5. The van der Waals surface area contributed by atoms with Gasteiger partial charge >= 0.3 is 5.97 Å². The zero-order valence-electron chi connectivity index (χ0n) is 22.6. The largest absolute Gasteiger partial charge is 0.491 e. The number of methoxy groups -OCH3 is 1. The van der Waals surface area contributed by atoms with E-state index in [9.17, 15) is 14.0 Å². The number of carbonyl (C=O) groups excluding carboxylic acids is 2. The smallest absolute Gasteiger partial charge is 0.323 e. The Kier molecular flexibility index (Phi) is 9.28. The first-order valence-electron chi connectivity index (χ1n) is 13.4. The second kappa shape index (κ2) is 13.2. The van der Waals surface area contributed by atoms with Crippen LogP contribution in [0, 0.1) is 11.7 Å². The summed E-state index contributed by atoms with van der Waals surface area (Å²) in [5, 5.41) is 6.66. The third-order valence-corrected chi connectivity index (χ3v) is 7.18. The van der Waals surface area contributed by atoms with E-state index in [1.54, 1.807) is 31.4 Å². The summed E-state index contributed by atoms with van der Waals surface area (Å²) < 4.78 is 30.0. The molecule has 1 aliphatic carbocycles. The first-order chi connectivity index (χ1) is 19.9. The van der Waals surface area contributed by atoms with Crippen molar-refractivity contribution in [1.29, 1.82) is 0 Å². The number of ether oxygens (including phenoxy) is 3. The van der Waals surface area contributed by atoms with Crippen LogP contribution in [0.3, 0.4) is 0 Å². The van der Waals surface area contributed by atoms with E-state index < -0.39 is 11.9 Å². The predicted molar refractivity (Wildman–Crippen MR) is 153 cm³/mol. The van der Waals surface area contributed by atoms with E-state index >= 15 is 0 Å². The molecule has 12 heteroatoms. The molecule has 1 aliphatic heterocycles. The summed E-state index contributed by atoms with van der Waals surface area (Å²) >= 11 is 5.95. The van der Waals surface area contributed by atoms with E-state index in [1.165, 1.54) is 24.5 Å². The van der Waals surface area contributed by atoms with Gasteiger partial charge < -0.3 is 24.8 Å². The van der Waals surface area contributed by atoms with Crippen LogP contribution in [0.25, 0.3) is 10.9 Å². The van der Waals surface area contributed by atoms with Crippen LogP contribution in [0.2, 0.25) is 5.02 Å². The first-order valence-corrected chi connectivity index (χ1v) is 13.8. The van der Waals surface area contributed by atoms with Gasteiger partial charge in [0.25, 0.3) is 0 Å². The van der Waals surface area contributed by atoms with Gasteiger partial charge in [0, 0.05) is 50.0 Å². The maximum atomic E-state index is 13.6. The van der Waals surface area contributed by atoms with Crippen molar-refractivity contribution in [3.63, 3.8) is 0 Å². The van der Waals surface area contributed by atoms with Crippen LogP contribution in [0.1, 0.15) is 19.3 Å². The van der Waals surface area contributed by atoms with Crippen LogP contribution >= 0.6 is 11.6 Å². The van der Waals surface area contributed by atoms with Crippen LogP contribution in [0.5, 0.6) is 5.75 Å². The molecule has 0 bridgehead atoms. The number of rotatable bonds is 12. The van der Waals surface area contributed by atoms with Crippen molar-refractivity contribution in [3.05, 3.63) is 59.7 Å². The molecule has 2 aliphatic rings. The lowest BCUT2D eigenvalue weighted by Gasteiger charge is -2.33. The molecule has 5 rings (SSSR count). The van der Waals surface area contributed by atoms with Crippen molar-refractivity contribution in [2.24, 2.45) is 5.92 Å². The third kappa shape index (κ3) is 7.49. The maximum absolute atomic E-state index is 13.6. The predicted octanol–water partition coefficient (Wildman–Crippen LogP) is 4.71. The molecular formula is C29H31ClFN5O5. The highest BCUT2D eigenvalue weighted by Gasteiger charge is 2.30. The van der Waals surface area contributed by atoms with E-state index in [2.05, 4.69) is 20.6 Å². The van der Waals surface area contributed by atoms with E-state index in [-0.39, 0.29) is 16.9 Å². The Morgan fingerprint density at radius 3 is 2.90 bits per heavy atom. The standard InChI is InChI=1S/C29H31ClFN5O5/c1-39-11-8-25-29(38)40-12-10-36(25)9-2-3-27(37)35-24-14-20-23(15-26(24)41-16-18-4-5-18)32-17-33-28(20)34-19-6-7-22(31)21(30)13-19/h2-3,6-7,13-15,17-18,25H,4-5,8-12,16H2,1H3,(H,35,37)(H,32,33,34). The number of amides is 1. The zero-order chi connectivity index (χ0) is 28.8. The number of benzene rings is 2. The fourth-order valence-corrected chi connectivity index (χ4v) is 4.67. The Hall–Kier alpha value is -3.80. The number of nitrogens with zero attached hydrogens (tertiary/aromatic N) is 3. The molecule has 2 heterocycles. The number of aromatic nitrogens is 2. The van der Waals surface area contributed by atoms with Gasteiger partial charge in [0.15, 0.2) is 0 Å². The molecule has 216 valence electrons. The monoisotopic (exact) mass is 583 g/mol. The number of anilines is 3. The number of morpholine rings is 1. The number of hydrogen-bond acceptors (Lipinski definition) is 9. The second-order valence-corrected chi connectivity index (χ2v) is 10.4. The Morgan fingerprint density at radius 2 is 2.12 bits per heavy atom. The van der Waals surface area contributed by atoms with E-state index in [0.717, 1.165) is 12.8 Å². The summed E-state index contributed by atoms with van der Waals surface area (Å²) in [6.07, 6.45) is 7.31. The van der Waals surface area contributed by atoms with Gasteiger partial charge in [-0.15, -0.1) is 0 Å². The molecule has 2 aromatic carbocycles. The Morgan fingerprint density at radius 1 is 1.27 bits per heavy atom. The van der Waals surface area contributed by atoms with E-state index in [4.69, 9.17) is 25.8 Å². The lowest BCUT2D eigenvalue weighted by atomic mass is 10.1. The summed E-state index contributed by atoms with van der Waals surface area (Å²) in [6.45, 7) is 2.26. The van der Waals surface area contributed by atoms with Crippen LogP contribution in [-0.2, 0) is 19.1 Å². The van der Waals surface area contributed by atoms with Crippen LogP contribution < -0.4 is 15.4 Å². The number of fused-ring (bicyclic) bond motifs is 1. The van der Waals surface area contributed by atoms with Gasteiger partial charge in [0.1, 0.15) is 36.4 Å². The number of carbonyl (C=O) groups is 2. The molecule has 1 aromatic heterocycles. The lowest BCUT2D eigenvalue weighted by molar-refractivity contribution is -0.157. The fourth-order valence-electron chi connectivity index (χ4n) is 4.49. The molecule has 1 saturated heterocycles. The van der Waals surface area contributed by atoms with E-state index in [0.29, 0.717) is 79.1 Å². The Bertz CT molecular complexity index is 1450. The molecular weight excluding hydrogens is 553 g/mol. The van der Waals surface area contributed by atoms with Crippen molar-refractivity contribution in [1.82, 2.24) is 14.9 Å². The summed E-state index contributed by atoms with van der Waals surface area (Å²) in [4.78, 5) is 35.9. The molecule has 1 amide bonds. The van der Waals surface area contributed by atoms with Crippen molar-refractivity contribution < 1.29 is 28.2 Å². The van der Waals surface area contributed by atoms with Crippen LogP contribution in [0.15, 0.2) is 48.8 Å². The first kappa shape index (κ1) is 28.7. The molecule has 0 radical (unpaired) electrons. The fraction of sp³-hybridized carbons (Fsp3) is 0.379. The quantitative estimate of drug-likeness (QED) is 0.231. The van der Waals surface area contributed by atoms with Gasteiger partial charge in [-0.25, -0.2) is 14.4 Å². The topological polar surface area (TPSA) is 115 Å². The van der Waals surface area contributed by atoms with Gasteiger partial charge in [-0.1, -0.05) is 17.7 Å². The molecule has 3 aromatic rings. The highest BCUT2D eigenvalue weighted by atomic mass is 35.5. The lowest BCUT2D eigenvalue weighted by Crippen LogP contribution is -2.49. The molecule has 0 spiro atoms.